The van der Waals surface area contributed by atoms with E-state index in [1.807, 2.05) is 0 Å². The Kier molecular flexibility index (Phi) is 3.20. The summed E-state index contributed by atoms with van der Waals surface area (Å²) in [5, 5.41) is 9.70. The van der Waals surface area contributed by atoms with Gasteiger partial charge in [-0.3, -0.25) is 14.9 Å². The number of hydrogen-bond donors (Lipinski definition) is 2. The van der Waals surface area contributed by atoms with Crippen molar-refractivity contribution in [3.63, 3.8) is 0 Å². The summed E-state index contributed by atoms with van der Waals surface area (Å²) >= 11 is 0.313. The third kappa shape index (κ3) is 2.75. The molecule has 1 atom stereocenters. The van der Waals surface area contributed by atoms with Gasteiger partial charge in [-0.05, 0) is 6.42 Å². The fourth-order valence-corrected chi connectivity index (χ4v) is 2.04. The number of carbonyl (C=O) groups excluding carboxylic acids is 2. The summed E-state index contributed by atoms with van der Waals surface area (Å²) in [6, 6.07) is -0.767. The minimum Gasteiger partial charge on any atom is -0.348 e. The van der Waals surface area contributed by atoms with Crippen LogP contribution >= 0.6 is 11.3 Å². The predicted molar refractivity (Wildman–Crippen MR) is 54.7 cm³/mol. The predicted octanol–water partition coefficient (Wildman–Crippen LogP) is 0.774. The Bertz CT molecular complexity index is 487. The largest absolute Gasteiger partial charge is 0.445 e. The minimum absolute atomic E-state index is 0.100. The Morgan fingerprint density at radius 1 is 1.33 bits per heavy atom. The van der Waals surface area contributed by atoms with E-state index in [4.69, 9.17) is 0 Å². The zero-order chi connectivity index (χ0) is 13.3. The molecule has 98 valence electrons. The van der Waals surface area contributed by atoms with E-state index >= 15 is 0 Å². The van der Waals surface area contributed by atoms with Gasteiger partial charge in [0.05, 0.1) is 0 Å². The summed E-state index contributed by atoms with van der Waals surface area (Å²) in [5.74, 6) is -0.971. The second-order valence-corrected chi connectivity index (χ2v) is 4.54. The van der Waals surface area contributed by atoms with Gasteiger partial charge in [-0.15, -0.1) is 10.2 Å². The highest BCUT2D eigenvalue weighted by atomic mass is 32.1. The van der Waals surface area contributed by atoms with Crippen molar-refractivity contribution in [2.24, 2.45) is 0 Å². The van der Waals surface area contributed by atoms with E-state index in [2.05, 4.69) is 20.8 Å². The number of anilines is 1. The number of imide groups is 1. The number of aromatic nitrogens is 2. The average Bonchev–Trinajstić information content (AvgIpc) is 2.70. The van der Waals surface area contributed by atoms with Crippen molar-refractivity contribution in [2.45, 2.75) is 25.1 Å². The summed E-state index contributed by atoms with van der Waals surface area (Å²) in [4.78, 5) is 22.2. The molecule has 2 rings (SSSR count). The van der Waals surface area contributed by atoms with E-state index in [9.17, 15) is 22.8 Å². The van der Waals surface area contributed by atoms with Gasteiger partial charge in [0.2, 0.25) is 22.0 Å². The third-order valence-corrected chi connectivity index (χ3v) is 3.10. The molecule has 1 unspecified atom stereocenters. The Morgan fingerprint density at radius 2 is 2.06 bits per heavy atom. The number of carbonyl (C=O) groups is 2. The number of halogens is 3. The van der Waals surface area contributed by atoms with Crippen molar-refractivity contribution in [3.8, 4) is 0 Å². The maximum absolute atomic E-state index is 12.3. The molecule has 1 fully saturated rings. The molecule has 0 bridgehead atoms. The monoisotopic (exact) mass is 280 g/mol. The first kappa shape index (κ1) is 12.7. The number of amides is 2. The van der Waals surface area contributed by atoms with Crippen LogP contribution in [0.3, 0.4) is 0 Å². The standard InChI is InChI=1S/C8H7F3N4O2S/c9-8(10,11)6-14-15-7(18-6)12-3-1-2-4(16)13-5(3)17/h3H,1-2H2,(H,12,15)(H,13,16,17). The molecule has 0 aliphatic carbocycles. The zero-order valence-corrected chi connectivity index (χ0v) is 9.56. The van der Waals surface area contributed by atoms with Crippen LogP contribution in [0.15, 0.2) is 0 Å². The molecule has 2 amide bonds. The number of alkyl halides is 3. The first-order valence-corrected chi connectivity index (χ1v) is 5.69. The SMILES string of the molecule is O=C1CCC(Nc2nnc(C(F)(F)F)s2)C(=O)N1. The fourth-order valence-electron chi connectivity index (χ4n) is 1.38. The number of rotatable bonds is 2. The highest BCUT2D eigenvalue weighted by Gasteiger charge is 2.36. The summed E-state index contributed by atoms with van der Waals surface area (Å²) in [6.07, 6.45) is -4.21. The molecule has 0 radical (unpaired) electrons. The Morgan fingerprint density at radius 3 is 2.61 bits per heavy atom. The molecular weight excluding hydrogens is 273 g/mol. The first-order valence-electron chi connectivity index (χ1n) is 4.87. The van der Waals surface area contributed by atoms with E-state index in [1.165, 1.54) is 0 Å². The topological polar surface area (TPSA) is 84.0 Å². The van der Waals surface area contributed by atoms with Gasteiger partial charge in [-0.25, -0.2) is 0 Å². The quantitative estimate of drug-likeness (QED) is 0.782. The zero-order valence-electron chi connectivity index (χ0n) is 8.74. The Hall–Kier alpha value is -1.71. The lowest BCUT2D eigenvalue weighted by molar-refractivity contribution is -0.138. The van der Waals surface area contributed by atoms with Crippen molar-refractivity contribution in [1.82, 2.24) is 15.5 Å². The van der Waals surface area contributed by atoms with Gasteiger partial charge in [0.1, 0.15) is 6.04 Å². The number of hydrogen-bond acceptors (Lipinski definition) is 6. The van der Waals surface area contributed by atoms with E-state index in [-0.39, 0.29) is 18.0 Å². The van der Waals surface area contributed by atoms with Gasteiger partial charge < -0.3 is 5.32 Å². The maximum atomic E-state index is 12.3. The third-order valence-electron chi connectivity index (χ3n) is 2.20. The van der Waals surface area contributed by atoms with Crippen LogP contribution in [0, 0.1) is 0 Å². The molecule has 2 heterocycles. The molecule has 18 heavy (non-hydrogen) atoms. The van der Waals surface area contributed by atoms with Crippen LogP contribution in [-0.2, 0) is 15.8 Å². The van der Waals surface area contributed by atoms with E-state index in [0.29, 0.717) is 11.3 Å². The van der Waals surface area contributed by atoms with Crippen LogP contribution in [0.25, 0.3) is 0 Å². The van der Waals surface area contributed by atoms with Crippen molar-refractivity contribution in [2.75, 3.05) is 5.32 Å². The second kappa shape index (κ2) is 4.52. The van der Waals surface area contributed by atoms with Gasteiger partial charge in [0, 0.05) is 6.42 Å². The van der Waals surface area contributed by atoms with Crippen LogP contribution in [0.4, 0.5) is 18.3 Å². The molecule has 0 aromatic carbocycles. The summed E-state index contributed by atoms with van der Waals surface area (Å²) < 4.78 is 36.8. The van der Waals surface area contributed by atoms with E-state index < -0.39 is 29.0 Å². The maximum Gasteiger partial charge on any atom is 0.445 e. The van der Waals surface area contributed by atoms with Crippen LogP contribution in [0.2, 0.25) is 0 Å². The summed E-state index contributed by atoms with van der Waals surface area (Å²) in [7, 11) is 0. The lowest BCUT2D eigenvalue weighted by atomic mass is 10.1. The minimum atomic E-state index is -4.55. The molecule has 0 saturated carbocycles. The molecule has 1 aliphatic rings. The normalized spacial score (nSPS) is 20.7. The summed E-state index contributed by atoms with van der Waals surface area (Å²) in [5.41, 5.74) is 0. The van der Waals surface area contributed by atoms with Crippen LogP contribution in [0.1, 0.15) is 17.8 Å². The van der Waals surface area contributed by atoms with Gasteiger partial charge in [0.15, 0.2) is 0 Å². The molecule has 1 aliphatic heterocycles. The van der Waals surface area contributed by atoms with Gasteiger partial charge in [-0.1, -0.05) is 11.3 Å². The molecule has 10 heteroatoms. The number of nitrogens with one attached hydrogen (secondary N) is 2. The number of piperidine rings is 1. The molecular formula is C8H7F3N4O2S. The van der Waals surface area contributed by atoms with Gasteiger partial charge in [0.25, 0.3) is 0 Å². The van der Waals surface area contributed by atoms with Crippen LogP contribution < -0.4 is 10.6 Å². The van der Waals surface area contributed by atoms with Crippen LogP contribution in [0.5, 0.6) is 0 Å². The van der Waals surface area contributed by atoms with Gasteiger partial charge >= 0.3 is 6.18 Å². The Labute approximate surface area is 103 Å². The average molecular weight is 280 g/mol. The summed E-state index contributed by atoms with van der Waals surface area (Å²) in [6.45, 7) is 0. The highest BCUT2D eigenvalue weighted by Crippen LogP contribution is 2.33. The second-order valence-electron chi connectivity index (χ2n) is 3.56. The van der Waals surface area contributed by atoms with Crippen LogP contribution in [-0.4, -0.2) is 28.1 Å². The number of nitrogens with zero attached hydrogens (tertiary/aromatic N) is 2. The fraction of sp³-hybridized carbons (Fsp3) is 0.500. The van der Waals surface area contributed by atoms with Crippen molar-refractivity contribution in [1.29, 1.82) is 0 Å². The first-order chi connectivity index (χ1) is 8.36. The smallest absolute Gasteiger partial charge is 0.348 e. The van der Waals surface area contributed by atoms with Crippen molar-refractivity contribution < 1.29 is 22.8 Å². The molecule has 6 nitrogen and oxygen atoms in total. The Balaban J connectivity index is 2.04. The van der Waals surface area contributed by atoms with Gasteiger partial charge in [-0.2, -0.15) is 13.2 Å². The molecule has 1 aromatic heterocycles. The lowest BCUT2D eigenvalue weighted by Gasteiger charge is -2.20. The van der Waals surface area contributed by atoms with Crippen molar-refractivity contribution >= 4 is 28.3 Å². The lowest BCUT2D eigenvalue weighted by Crippen LogP contribution is -2.47. The molecule has 0 spiro atoms. The van der Waals surface area contributed by atoms with E-state index in [0.717, 1.165) is 0 Å². The van der Waals surface area contributed by atoms with Crippen molar-refractivity contribution in [3.05, 3.63) is 5.01 Å². The molecule has 2 N–H and O–H groups in total. The molecule has 1 aromatic rings. The van der Waals surface area contributed by atoms with E-state index in [1.54, 1.807) is 0 Å². The molecule has 1 saturated heterocycles. The highest BCUT2D eigenvalue weighted by molar-refractivity contribution is 7.15.